The van der Waals surface area contributed by atoms with Crippen LogP contribution in [-0.2, 0) is 27.3 Å². The van der Waals surface area contributed by atoms with Crippen LogP contribution in [-0.4, -0.2) is 47.4 Å². The maximum atomic E-state index is 13.0. The summed E-state index contributed by atoms with van der Waals surface area (Å²) in [5, 5.41) is 13.3. The van der Waals surface area contributed by atoms with Gasteiger partial charge in [0, 0.05) is 36.8 Å². The molecule has 7 nitrogen and oxygen atoms in total. The number of nitrogens with zero attached hydrogens (tertiary/aromatic N) is 1. The molecule has 1 fully saturated rings. The third-order valence-electron chi connectivity index (χ3n) is 6.50. The first-order valence-corrected chi connectivity index (χ1v) is 11.0. The van der Waals surface area contributed by atoms with Crippen LogP contribution < -0.4 is 11.1 Å². The second-order valence-corrected chi connectivity index (χ2v) is 8.47. The Morgan fingerprint density at radius 2 is 1.94 bits per heavy atom. The summed E-state index contributed by atoms with van der Waals surface area (Å²) in [5.74, 6) is 0.0349. The number of carbonyl (C=O) groups excluding carboxylic acids is 1. The SMILES string of the molecule is Cc1cccc(CO)c1NC1CCN(C(Cc2ccccc2)(C(N)=O)C2=COCO2)CC1. The van der Waals surface area contributed by atoms with Crippen molar-refractivity contribution < 1.29 is 19.4 Å². The predicted octanol–water partition coefficient (Wildman–Crippen LogP) is 2.68. The van der Waals surface area contributed by atoms with Gasteiger partial charge >= 0.3 is 0 Å². The van der Waals surface area contributed by atoms with Crippen LogP contribution in [0, 0.1) is 6.92 Å². The lowest BCUT2D eigenvalue weighted by molar-refractivity contribution is -0.131. The highest BCUT2D eigenvalue weighted by Gasteiger charge is 2.50. The summed E-state index contributed by atoms with van der Waals surface area (Å²) in [4.78, 5) is 15.1. The van der Waals surface area contributed by atoms with Crippen molar-refractivity contribution in [2.24, 2.45) is 5.73 Å². The van der Waals surface area contributed by atoms with E-state index in [1.54, 1.807) is 0 Å². The van der Waals surface area contributed by atoms with E-state index in [0.717, 1.165) is 35.2 Å². The summed E-state index contributed by atoms with van der Waals surface area (Å²) in [6.45, 7) is 3.48. The number of anilines is 1. The number of rotatable bonds is 8. The number of ether oxygens (including phenoxy) is 2. The van der Waals surface area contributed by atoms with Crippen LogP contribution >= 0.6 is 0 Å². The lowest BCUT2D eigenvalue weighted by Gasteiger charge is -2.45. The van der Waals surface area contributed by atoms with Crippen molar-refractivity contribution in [3.8, 4) is 0 Å². The van der Waals surface area contributed by atoms with Crippen LogP contribution in [0.1, 0.15) is 29.5 Å². The highest BCUT2D eigenvalue weighted by Crippen LogP contribution is 2.35. The van der Waals surface area contributed by atoms with Crippen molar-refractivity contribution in [2.45, 2.75) is 44.4 Å². The van der Waals surface area contributed by atoms with Crippen LogP contribution in [0.2, 0.25) is 0 Å². The zero-order chi connectivity index (χ0) is 22.6. The van der Waals surface area contributed by atoms with Crippen LogP contribution in [0.4, 0.5) is 5.69 Å². The van der Waals surface area contributed by atoms with Gasteiger partial charge in [0.1, 0.15) is 6.26 Å². The van der Waals surface area contributed by atoms with Gasteiger partial charge in [-0.25, -0.2) is 0 Å². The Morgan fingerprint density at radius 1 is 1.19 bits per heavy atom. The number of hydrogen-bond donors (Lipinski definition) is 3. The Balaban J connectivity index is 1.55. The lowest BCUT2D eigenvalue weighted by Crippen LogP contribution is -2.62. The number of primary amides is 1. The number of nitrogens with one attached hydrogen (secondary N) is 1. The van der Waals surface area contributed by atoms with Crippen molar-refractivity contribution in [1.29, 1.82) is 0 Å². The van der Waals surface area contributed by atoms with E-state index in [0.29, 0.717) is 25.3 Å². The van der Waals surface area contributed by atoms with Gasteiger partial charge < -0.3 is 25.6 Å². The second-order valence-electron chi connectivity index (χ2n) is 8.47. The van der Waals surface area contributed by atoms with E-state index in [9.17, 15) is 9.90 Å². The number of nitrogens with two attached hydrogens (primary N) is 1. The summed E-state index contributed by atoms with van der Waals surface area (Å²) in [7, 11) is 0. The topological polar surface area (TPSA) is 97.1 Å². The molecule has 0 aliphatic carbocycles. The van der Waals surface area contributed by atoms with Crippen molar-refractivity contribution in [1.82, 2.24) is 4.90 Å². The normalized spacial score (nSPS) is 18.9. The van der Waals surface area contributed by atoms with E-state index < -0.39 is 11.4 Å². The Kier molecular flexibility index (Phi) is 6.67. The molecule has 2 aromatic rings. The minimum Gasteiger partial charge on any atom is -0.462 e. The average Bonchev–Trinajstić information content (AvgIpc) is 3.35. The fourth-order valence-corrected chi connectivity index (χ4v) is 4.75. The smallest absolute Gasteiger partial charge is 0.246 e. The zero-order valence-corrected chi connectivity index (χ0v) is 18.4. The molecule has 4 rings (SSSR count). The predicted molar refractivity (Wildman–Crippen MR) is 123 cm³/mol. The molecule has 0 saturated carbocycles. The molecule has 170 valence electrons. The second kappa shape index (κ2) is 9.63. The molecule has 2 aliphatic heterocycles. The molecular weight excluding hydrogens is 406 g/mol. The summed E-state index contributed by atoms with van der Waals surface area (Å²) in [6.07, 6.45) is 3.61. The quantitative estimate of drug-likeness (QED) is 0.588. The van der Waals surface area contributed by atoms with E-state index in [1.807, 2.05) is 55.5 Å². The first-order chi connectivity index (χ1) is 15.5. The summed E-state index contributed by atoms with van der Waals surface area (Å²) >= 11 is 0. The van der Waals surface area contributed by atoms with Crippen LogP contribution in [0.15, 0.2) is 60.6 Å². The number of aliphatic hydroxyl groups is 1. The molecule has 7 heteroatoms. The van der Waals surface area contributed by atoms with Gasteiger partial charge in [0.2, 0.25) is 12.7 Å². The maximum absolute atomic E-state index is 13.0. The number of hydrogen-bond acceptors (Lipinski definition) is 6. The van der Waals surface area contributed by atoms with Gasteiger partial charge in [-0.15, -0.1) is 0 Å². The number of piperidine rings is 1. The minimum absolute atomic E-state index is 0.00376. The molecule has 0 radical (unpaired) electrons. The molecule has 4 N–H and O–H groups in total. The monoisotopic (exact) mass is 437 g/mol. The fraction of sp³-hybridized carbons (Fsp3) is 0.400. The van der Waals surface area contributed by atoms with Crippen LogP contribution in [0.3, 0.4) is 0 Å². The Morgan fingerprint density at radius 3 is 2.56 bits per heavy atom. The van der Waals surface area contributed by atoms with Gasteiger partial charge in [-0.2, -0.15) is 0 Å². The van der Waals surface area contributed by atoms with Gasteiger partial charge in [-0.3, -0.25) is 9.69 Å². The lowest BCUT2D eigenvalue weighted by atomic mass is 9.84. The van der Waals surface area contributed by atoms with E-state index >= 15 is 0 Å². The first-order valence-electron chi connectivity index (χ1n) is 11.0. The number of carbonyl (C=O) groups is 1. The molecule has 2 heterocycles. The van der Waals surface area contributed by atoms with E-state index in [-0.39, 0.29) is 19.4 Å². The summed E-state index contributed by atoms with van der Waals surface area (Å²) in [6, 6.07) is 16.0. The van der Waals surface area contributed by atoms with Gasteiger partial charge in [0.25, 0.3) is 0 Å². The molecule has 1 unspecified atom stereocenters. The fourth-order valence-electron chi connectivity index (χ4n) is 4.75. The standard InChI is InChI=1S/C25H31N3O4/c1-18-6-5-9-20(15-29)23(18)27-21-10-12-28(13-11-21)25(24(26)30,22-16-31-17-32-22)14-19-7-3-2-4-8-19/h2-9,16,21,27,29H,10-15,17H2,1H3,(H2,26,30). The number of aryl methyl sites for hydroxylation is 1. The maximum Gasteiger partial charge on any atom is 0.246 e. The number of aliphatic hydroxyl groups excluding tert-OH is 1. The van der Waals surface area contributed by atoms with Crippen LogP contribution in [0.25, 0.3) is 0 Å². The van der Waals surface area contributed by atoms with E-state index in [4.69, 9.17) is 15.2 Å². The van der Waals surface area contributed by atoms with Gasteiger partial charge in [0.05, 0.1) is 6.61 Å². The third-order valence-corrected chi connectivity index (χ3v) is 6.50. The van der Waals surface area contributed by atoms with Gasteiger partial charge in [0.15, 0.2) is 11.3 Å². The molecule has 1 amide bonds. The molecule has 1 atom stereocenters. The zero-order valence-electron chi connectivity index (χ0n) is 18.4. The Bertz CT molecular complexity index is 970. The summed E-state index contributed by atoms with van der Waals surface area (Å²) in [5.41, 5.74) is 8.96. The molecular formula is C25H31N3O4. The number of likely N-dealkylation sites (tertiary alicyclic amines) is 1. The van der Waals surface area contributed by atoms with Crippen molar-refractivity contribution in [3.63, 3.8) is 0 Å². The molecule has 2 aliphatic rings. The Labute approximate surface area is 188 Å². The van der Waals surface area contributed by atoms with Crippen molar-refractivity contribution in [3.05, 3.63) is 77.2 Å². The largest absolute Gasteiger partial charge is 0.462 e. The van der Waals surface area contributed by atoms with Crippen LogP contribution in [0.5, 0.6) is 0 Å². The highest BCUT2D eigenvalue weighted by molar-refractivity contribution is 5.88. The highest BCUT2D eigenvalue weighted by atomic mass is 16.7. The number of amides is 1. The van der Waals surface area contributed by atoms with E-state index in [1.165, 1.54) is 6.26 Å². The molecule has 0 spiro atoms. The van der Waals surface area contributed by atoms with Crippen molar-refractivity contribution >= 4 is 11.6 Å². The van der Waals surface area contributed by atoms with E-state index in [2.05, 4.69) is 10.2 Å². The summed E-state index contributed by atoms with van der Waals surface area (Å²) < 4.78 is 11.1. The molecule has 2 aromatic carbocycles. The third kappa shape index (κ3) is 4.31. The Hall–Kier alpha value is -3.03. The molecule has 0 aromatic heterocycles. The number of para-hydroxylation sites is 1. The minimum atomic E-state index is -1.10. The first kappa shape index (κ1) is 22.2. The van der Waals surface area contributed by atoms with Gasteiger partial charge in [-0.1, -0.05) is 48.5 Å². The van der Waals surface area contributed by atoms with Gasteiger partial charge in [-0.05, 0) is 30.9 Å². The molecule has 32 heavy (non-hydrogen) atoms. The molecule has 1 saturated heterocycles. The van der Waals surface area contributed by atoms with Crippen molar-refractivity contribution in [2.75, 3.05) is 25.2 Å². The average molecular weight is 438 g/mol. The number of benzene rings is 2. The molecule has 0 bridgehead atoms.